The summed E-state index contributed by atoms with van der Waals surface area (Å²) in [6.07, 6.45) is 4.94. The molecule has 0 spiro atoms. The van der Waals surface area contributed by atoms with E-state index in [0.717, 1.165) is 31.2 Å². The first kappa shape index (κ1) is 16.4. The van der Waals surface area contributed by atoms with Crippen LogP contribution in [0.25, 0.3) is 0 Å². The summed E-state index contributed by atoms with van der Waals surface area (Å²) >= 11 is 0. The van der Waals surface area contributed by atoms with Gasteiger partial charge in [0.05, 0.1) is 13.0 Å². The Morgan fingerprint density at radius 3 is 2.45 bits per heavy atom. The second-order valence-corrected chi connectivity index (χ2v) is 4.95. The summed E-state index contributed by atoms with van der Waals surface area (Å²) in [7, 11) is 0. The molecule has 20 heavy (non-hydrogen) atoms. The largest absolute Gasteiger partial charge is 0.465 e. The molecule has 0 aliphatic heterocycles. The maximum Gasteiger partial charge on any atom is 0.306 e. The molecule has 0 fully saturated rings. The molecular weight excluding hydrogens is 252 g/mol. The Morgan fingerprint density at radius 2 is 1.75 bits per heavy atom. The van der Waals surface area contributed by atoms with Gasteiger partial charge < -0.3 is 4.74 Å². The van der Waals surface area contributed by atoms with E-state index in [0.29, 0.717) is 19.4 Å². The zero-order chi connectivity index (χ0) is 14.6. The summed E-state index contributed by atoms with van der Waals surface area (Å²) in [6.45, 7) is 2.49. The van der Waals surface area contributed by atoms with E-state index in [1.54, 1.807) is 0 Å². The summed E-state index contributed by atoms with van der Waals surface area (Å²) in [5.41, 5.74) is 1.15. The SMILES string of the molecule is CCCCCC(=O)CCC(=O)OCCc1ccccc1. The lowest BCUT2D eigenvalue weighted by Crippen LogP contribution is -2.10. The molecule has 0 heterocycles. The van der Waals surface area contributed by atoms with Crippen LogP contribution in [0, 0.1) is 0 Å². The summed E-state index contributed by atoms with van der Waals surface area (Å²) < 4.78 is 5.13. The minimum absolute atomic E-state index is 0.165. The van der Waals surface area contributed by atoms with Gasteiger partial charge >= 0.3 is 5.97 Å². The molecule has 110 valence electrons. The lowest BCUT2D eigenvalue weighted by molar-refractivity contribution is -0.144. The van der Waals surface area contributed by atoms with E-state index in [1.807, 2.05) is 30.3 Å². The first-order valence-electron chi connectivity index (χ1n) is 7.43. The number of Topliss-reactive ketones (excluding diaryl/α,β-unsaturated/α-hetero) is 1. The lowest BCUT2D eigenvalue weighted by atomic mass is 10.1. The number of ether oxygens (including phenoxy) is 1. The van der Waals surface area contributed by atoms with Crippen LogP contribution < -0.4 is 0 Å². The minimum atomic E-state index is -0.273. The van der Waals surface area contributed by atoms with E-state index in [2.05, 4.69) is 6.92 Å². The first-order valence-corrected chi connectivity index (χ1v) is 7.43. The second-order valence-electron chi connectivity index (χ2n) is 4.95. The fourth-order valence-corrected chi connectivity index (χ4v) is 1.94. The molecular formula is C17H24O3. The van der Waals surface area contributed by atoms with E-state index < -0.39 is 0 Å². The Labute approximate surface area is 121 Å². The van der Waals surface area contributed by atoms with Crippen molar-refractivity contribution < 1.29 is 14.3 Å². The molecule has 3 nitrogen and oxygen atoms in total. The van der Waals surface area contributed by atoms with E-state index in [9.17, 15) is 9.59 Å². The van der Waals surface area contributed by atoms with Gasteiger partial charge in [0.15, 0.2) is 0 Å². The minimum Gasteiger partial charge on any atom is -0.465 e. The van der Waals surface area contributed by atoms with Crippen molar-refractivity contribution in [3.63, 3.8) is 0 Å². The average molecular weight is 276 g/mol. The smallest absolute Gasteiger partial charge is 0.306 e. The van der Waals surface area contributed by atoms with Gasteiger partial charge in [-0.05, 0) is 12.0 Å². The van der Waals surface area contributed by atoms with Gasteiger partial charge in [0.25, 0.3) is 0 Å². The fourth-order valence-electron chi connectivity index (χ4n) is 1.94. The van der Waals surface area contributed by atoms with Crippen molar-refractivity contribution in [3.8, 4) is 0 Å². The summed E-state index contributed by atoms with van der Waals surface area (Å²) in [5, 5.41) is 0. The van der Waals surface area contributed by atoms with Gasteiger partial charge in [-0.2, -0.15) is 0 Å². The van der Waals surface area contributed by atoms with Gasteiger partial charge in [0.2, 0.25) is 0 Å². The Morgan fingerprint density at radius 1 is 1.00 bits per heavy atom. The highest BCUT2D eigenvalue weighted by Gasteiger charge is 2.07. The molecule has 0 atom stereocenters. The number of rotatable bonds is 10. The standard InChI is InChI=1S/C17H24O3/c1-2-3-5-10-16(18)11-12-17(19)20-14-13-15-8-6-4-7-9-15/h4,6-9H,2-3,5,10-14H2,1H3. The van der Waals surface area contributed by atoms with Crippen LogP contribution in [0.15, 0.2) is 30.3 Å². The zero-order valence-corrected chi connectivity index (χ0v) is 12.3. The van der Waals surface area contributed by atoms with Crippen molar-refractivity contribution in [1.29, 1.82) is 0 Å². The predicted molar refractivity (Wildman–Crippen MR) is 79.5 cm³/mol. The number of carbonyl (C=O) groups is 2. The van der Waals surface area contributed by atoms with E-state index in [4.69, 9.17) is 4.74 Å². The van der Waals surface area contributed by atoms with Crippen LogP contribution >= 0.6 is 0 Å². The normalized spacial score (nSPS) is 10.2. The van der Waals surface area contributed by atoms with Crippen LogP contribution in [0.5, 0.6) is 0 Å². The highest BCUT2D eigenvalue weighted by atomic mass is 16.5. The highest BCUT2D eigenvalue weighted by Crippen LogP contribution is 2.05. The summed E-state index contributed by atoms with van der Waals surface area (Å²) in [4.78, 5) is 23.0. The van der Waals surface area contributed by atoms with Gasteiger partial charge in [-0.3, -0.25) is 9.59 Å². The lowest BCUT2D eigenvalue weighted by Gasteiger charge is -2.05. The number of unbranched alkanes of at least 4 members (excludes halogenated alkanes) is 2. The molecule has 0 N–H and O–H groups in total. The van der Waals surface area contributed by atoms with Crippen molar-refractivity contribution in [3.05, 3.63) is 35.9 Å². The Bertz CT molecular complexity index is 398. The second kappa shape index (κ2) is 10.2. The van der Waals surface area contributed by atoms with E-state index in [-0.39, 0.29) is 18.2 Å². The summed E-state index contributed by atoms with van der Waals surface area (Å²) in [6, 6.07) is 9.90. The Balaban J connectivity index is 2.07. The van der Waals surface area contributed by atoms with Gasteiger partial charge in [0, 0.05) is 19.3 Å². The Kier molecular flexibility index (Phi) is 8.36. The van der Waals surface area contributed by atoms with Crippen LogP contribution in [-0.2, 0) is 20.7 Å². The van der Waals surface area contributed by atoms with Crippen LogP contribution in [0.2, 0.25) is 0 Å². The van der Waals surface area contributed by atoms with Crippen molar-refractivity contribution >= 4 is 11.8 Å². The van der Waals surface area contributed by atoms with Crippen LogP contribution in [0.1, 0.15) is 51.0 Å². The summed E-state index contributed by atoms with van der Waals surface area (Å²) in [5.74, 6) is -0.108. The third-order valence-electron chi connectivity index (χ3n) is 3.16. The molecule has 0 amide bonds. The van der Waals surface area contributed by atoms with Gasteiger partial charge in [-0.1, -0.05) is 50.1 Å². The third-order valence-corrected chi connectivity index (χ3v) is 3.16. The molecule has 0 aliphatic rings. The molecule has 3 heteroatoms. The third kappa shape index (κ3) is 7.72. The van der Waals surface area contributed by atoms with Crippen molar-refractivity contribution in [2.75, 3.05) is 6.61 Å². The van der Waals surface area contributed by atoms with E-state index in [1.165, 1.54) is 0 Å². The molecule has 0 bridgehead atoms. The number of ketones is 1. The van der Waals surface area contributed by atoms with Gasteiger partial charge in [-0.15, -0.1) is 0 Å². The van der Waals surface area contributed by atoms with Crippen LogP contribution in [-0.4, -0.2) is 18.4 Å². The number of esters is 1. The molecule has 1 rings (SSSR count). The number of benzene rings is 1. The van der Waals surface area contributed by atoms with Crippen LogP contribution in [0.4, 0.5) is 0 Å². The number of hydrogen-bond donors (Lipinski definition) is 0. The number of hydrogen-bond acceptors (Lipinski definition) is 3. The molecule has 1 aromatic carbocycles. The molecule has 0 aliphatic carbocycles. The van der Waals surface area contributed by atoms with E-state index >= 15 is 0 Å². The molecule has 0 saturated heterocycles. The number of carbonyl (C=O) groups excluding carboxylic acids is 2. The van der Waals surface area contributed by atoms with Gasteiger partial charge in [0.1, 0.15) is 5.78 Å². The maximum atomic E-state index is 11.5. The maximum absolute atomic E-state index is 11.5. The average Bonchev–Trinajstić information content (AvgIpc) is 2.46. The quantitative estimate of drug-likeness (QED) is 0.483. The highest BCUT2D eigenvalue weighted by molar-refractivity contribution is 5.82. The molecule has 0 saturated carbocycles. The predicted octanol–water partition coefficient (Wildman–Crippen LogP) is 3.70. The van der Waals surface area contributed by atoms with Crippen LogP contribution in [0.3, 0.4) is 0 Å². The van der Waals surface area contributed by atoms with Crippen molar-refractivity contribution in [2.24, 2.45) is 0 Å². The fraction of sp³-hybridized carbons (Fsp3) is 0.529. The first-order chi connectivity index (χ1) is 9.72. The van der Waals surface area contributed by atoms with Crippen molar-refractivity contribution in [2.45, 2.75) is 51.9 Å². The zero-order valence-electron chi connectivity index (χ0n) is 12.3. The topological polar surface area (TPSA) is 43.4 Å². The van der Waals surface area contributed by atoms with Crippen molar-refractivity contribution in [1.82, 2.24) is 0 Å². The monoisotopic (exact) mass is 276 g/mol. The Hall–Kier alpha value is -1.64. The molecule has 1 aromatic rings. The molecule has 0 radical (unpaired) electrons. The molecule has 0 aromatic heterocycles. The van der Waals surface area contributed by atoms with Gasteiger partial charge in [-0.25, -0.2) is 0 Å². The molecule has 0 unspecified atom stereocenters.